The van der Waals surface area contributed by atoms with E-state index >= 15 is 0 Å². The molecule has 0 radical (unpaired) electrons. The first-order chi connectivity index (χ1) is 8.58. The third-order valence-electron chi connectivity index (χ3n) is 2.52. The summed E-state index contributed by atoms with van der Waals surface area (Å²) in [7, 11) is 0. The maximum atomic E-state index is 11.6. The molecule has 1 fully saturated rings. The predicted octanol–water partition coefficient (Wildman–Crippen LogP) is -2.09. The molecule has 0 aromatic heterocycles. The van der Waals surface area contributed by atoms with Crippen molar-refractivity contribution >= 4 is 17.7 Å². The number of piperazine rings is 1. The van der Waals surface area contributed by atoms with E-state index in [1.165, 1.54) is 0 Å². The molecule has 1 heterocycles. The van der Waals surface area contributed by atoms with Gasteiger partial charge in [0.05, 0.1) is 6.42 Å². The van der Waals surface area contributed by atoms with Crippen molar-refractivity contribution in [1.82, 2.24) is 16.0 Å². The van der Waals surface area contributed by atoms with Crippen LogP contribution in [0.2, 0.25) is 0 Å². The van der Waals surface area contributed by atoms with Crippen molar-refractivity contribution in [2.45, 2.75) is 24.9 Å². The van der Waals surface area contributed by atoms with Gasteiger partial charge in [0.25, 0.3) is 0 Å². The van der Waals surface area contributed by atoms with E-state index in [1.807, 2.05) is 0 Å². The Hall–Kier alpha value is 1.08. The van der Waals surface area contributed by atoms with Crippen LogP contribution in [0.25, 0.3) is 5.73 Å². The summed E-state index contributed by atoms with van der Waals surface area (Å²) >= 11 is 0. The molecular formula is C10H17Ce2N4O4-. The van der Waals surface area contributed by atoms with Crippen molar-refractivity contribution in [3.8, 4) is 0 Å². The van der Waals surface area contributed by atoms with Crippen molar-refractivity contribution in [2.75, 3.05) is 19.7 Å². The van der Waals surface area contributed by atoms with E-state index in [1.54, 1.807) is 0 Å². The van der Waals surface area contributed by atoms with E-state index < -0.39 is 23.9 Å². The van der Waals surface area contributed by atoms with Crippen LogP contribution in [0.1, 0.15) is 12.8 Å². The van der Waals surface area contributed by atoms with Gasteiger partial charge < -0.3 is 26.8 Å². The molecule has 3 amide bonds. The largest absolute Gasteiger partial charge is 0.676 e. The van der Waals surface area contributed by atoms with E-state index in [0.29, 0.717) is 0 Å². The van der Waals surface area contributed by atoms with Crippen molar-refractivity contribution in [2.24, 2.45) is 0 Å². The summed E-state index contributed by atoms with van der Waals surface area (Å²) in [6.07, 6.45) is -0.00124. The van der Waals surface area contributed by atoms with Crippen LogP contribution in [0, 0.1) is 83.5 Å². The Labute approximate surface area is 184 Å². The van der Waals surface area contributed by atoms with Gasteiger partial charge in [0.15, 0.2) is 0 Å². The fourth-order valence-corrected chi connectivity index (χ4v) is 1.61. The molecule has 1 aliphatic rings. The molecule has 5 N–H and O–H groups in total. The van der Waals surface area contributed by atoms with E-state index in [4.69, 9.17) is 10.8 Å². The van der Waals surface area contributed by atoms with Crippen LogP contribution in [-0.2, 0) is 14.4 Å². The Morgan fingerprint density at radius 3 is 2.30 bits per heavy atom. The van der Waals surface area contributed by atoms with Crippen molar-refractivity contribution in [3.05, 3.63) is 5.73 Å². The summed E-state index contributed by atoms with van der Waals surface area (Å²) in [5.74, 6) is -1.22. The van der Waals surface area contributed by atoms with Gasteiger partial charge >= 0.3 is 0 Å². The van der Waals surface area contributed by atoms with Gasteiger partial charge in [0.1, 0.15) is 12.1 Å². The molecule has 0 bridgehead atoms. The predicted molar refractivity (Wildman–Crippen MR) is 62.4 cm³/mol. The van der Waals surface area contributed by atoms with Crippen LogP contribution < -0.4 is 16.0 Å². The summed E-state index contributed by atoms with van der Waals surface area (Å²) in [4.78, 5) is 34.5. The molecule has 0 aromatic rings. The number of carbonyl (C=O) groups is 3. The molecule has 2 atom stereocenters. The summed E-state index contributed by atoms with van der Waals surface area (Å²) in [6.45, 7) is 0.0782. The van der Waals surface area contributed by atoms with E-state index in [2.05, 4.69) is 16.0 Å². The molecule has 1 rings (SSSR count). The first-order valence-corrected chi connectivity index (χ1v) is 5.71. The minimum absolute atomic E-state index is 0. The maximum absolute atomic E-state index is 11.6. The van der Waals surface area contributed by atoms with Crippen LogP contribution in [0.4, 0.5) is 0 Å². The third-order valence-corrected chi connectivity index (χ3v) is 2.52. The minimum Gasteiger partial charge on any atom is -0.676 e. The average molecular weight is 538 g/mol. The molecule has 0 aliphatic carbocycles. The molecule has 1 saturated heterocycles. The van der Waals surface area contributed by atoms with Crippen LogP contribution in [0.5, 0.6) is 0 Å². The van der Waals surface area contributed by atoms with Crippen LogP contribution in [0.15, 0.2) is 0 Å². The normalized spacial score (nSPS) is 20.9. The second kappa shape index (κ2) is 12.6. The van der Waals surface area contributed by atoms with Gasteiger partial charge in [-0.2, -0.15) is 0 Å². The first kappa shape index (κ1) is 23.4. The van der Waals surface area contributed by atoms with Crippen LogP contribution in [0.3, 0.4) is 0 Å². The molecule has 0 saturated carbocycles. The van der Waals surface area contributed by atoms with Gasteiger partial charge in [0, 0.05) is 90.1 Å². The number of rotatable bonds is 6. The molecule has 0 aromatic carbocycles. The third kappa shape index (κ3) is 7.91. The Kier molecular flexibility index (Phi) is 14.7. The molecule has 8 nitrogen and oxygen atoms in total. The summed E-state index contributed by atoms with van der Waals surface area (Å²) < 4.78 is 0. The molecule has 2 unspecified atom stereocenters. The number of hydrogen-bond acceptors (Lipinski definition) is 4. The fraction of sp³-hybridized carbons (Fsp3) is 0.700. The SMILES string of the molecule is [Ce].[Ce].[NH-]CCNC(=O)CC1NC(=O)C(CCO)NC1=O. The van der Waals surface area contributed by atoms with Gasteiger partial charge in [-0.1, -0.05) is 0 Å². The molecule has 0 spiro atoms. The van der Waals surface area contributed by atoms with Gasteiger partial charge in [-0.3, -0.25) is 14.4 Å². The van der Waals surface area contributed by atoms with E-state index in [0.717, 1.165) is 0 Å². The standard InChI is InChI=1S/C10H17N4O4.2Ce/c11-2-3-12-8(16)5-7-10(18)13-6(1-4-15)9(17)14-7;;/h6-7,11,15H,1-5H2,(H,12,16)(H,13,18)(H,14,17);;/q-1;;. The quantitative estimate of drug-likeness (QED) is 0.310. The molecule has 1 aliphatic heterocycles. The van der Waals surface area contributed by atoms with E-state index in [9.17, 15) is 14.4 Å². The molecule has 20 heavy (non-hydrogen) atoms. The van der Waals surface area contributed by atoms with Crippen molar-refractivity contribution in [1.29, 1.82) is 0 Å². The Morgan fingerprint density at radius 1 is 1.20 bits per heavy atom. The number of carbonyl (C=O) groups excluding carboxylic acids is 3. The second-order valence-corrected chi connectivity index (χ2v) is 3.94. The van der Waals surface area contributed by atoms with Gasteiger partial charge in [0.2, 0.25) is 17.7 Å². The number of amides is 3. The average Bonchev–Trinajstić information content (AvgIpc) is 2.33. The Balaban J connectivity index is 0. The summed E-state index contributed by atoms with van der Waals surface area (Å²) in [5, 5.41) is 16.1. The second-order valence-electron chi connectivity index (χ2n) is 3.94. The summed E-state index contributed by atoms with van der Waals surface area (Å²) in [6, 6.07) is -1.63. The van der Waals surface area contributed by atoms with E-state index in [-0.39, 0.29) is 122 Å². The van der Waals surface area contributed by atoms with Gasteiger partial charge in [-0.15, -0.1) is 6.54 Å². The van der Waals surface area contributed by atoms with Crippen LogP contribution in [-0.4, -0.2) is 54.6 Å². The number of hydrogen-bond donors (Lipinski definition) is 4. The Morgan fingerprint density at radius 2 is 1.75 bits per heavy atom. The smallest absolute Gasteiger partial charge is 0.243 e. The monoisotopic (exact) mass is 537 g/mol. The van der Waals surface area contributed by atoms with Crippen molar-refractivity contribution < 1.29 is 103 Å². The minimum atomic E-state index is -0.891. The van der Waals surface area contributed by atoms with Crippen LogP contribution >= 0.6 is 0 Å². The zero-order chi connectivity index (χ0) is 13.5. The number of aliphatic hydroxyl groups is 1. The zero-order valence-electron chi connectivity index (χ0n) is 10.9. The topological polar surface area (TPSA) is 131 Å². The number of aliphatic hydroxyl groups excluding tert-OH is 1. The maximum Gasteiger partial charge on any atom is 0.243 e. The zero-order valence-corrected chi connectivity index (χ0v) is 17.1. The van der Waals surface area contributed by atoms with Gasteiger partial charge in [-0.25, -0.2) is 0 Å². The molecular weight excluding hydrogens is 520 g/mol. The fourth-order valence-electron chi connectivity index (χ4n) is 1.61. The Bertz CT molecular complexity index is 341. The molecule has 110 valence electrons. The molecule has 10 heteroatoms. The number of nitrogens with one attached hydrogen (secondary N) is 4. The summed E-state index contributed by atoms with van der Waals surface area (Å²) in [5.41, 5.74) is 6.87. The first-order valence-electron chi connectivity index (χ1n) is 5.71. The van der Waals surface area contributed by atoms with Crippen molar-refractivity contribution in [3.63, 3.8) is 0 Å². The van der Waals surface area contributed by atoms with Gasteiger partial charge in [-0.05, 0) is 13.0 Å².